The van der Waals surface area contributed by atoms with Crippen molar-refractivity contribution in [3.8, 4) is 0 Å². The summed E-state index contributed by atoms with van der Waals surface area (Å²) in [4.78, 5) is 11.5. The standard InChI is InChI=1S/C14H30O3Si/c1-9-16-13(15)10-11(2)12(3)17-18(7,8)14(4,5)6/h11-12H,9-10H2,1-8H3/t11-,12+/m1/s1. The van der Waals surface area contributed by atoms with E-state index in [4.69, 9.17) is 9.16 Å². The van der Waals surface area contributed by atoms with Gasteiger partial charge in [-0.15, -0.1) is 0 Å². The third kappa shape index (κ3) is 5.53. The summed E-state index contributed by atoms with van der Waals surface area (Å²) in [5.41, 5.74) is 0. The Kier molecular flexibility index (Phi) is 6.58. The fourth-order valence-electron chi connectivity index (χ4n) is 1.41. The number of hydrogen-bond donors (Lipinski definition) is 0. The molecule has 0 spiro atoms. The van der Waals surface area contributed by atoms with Gasteiger partial charge in [-0.1, -0.05) is 27.7 Å². The van der Waals surface area contributed by atoms with Crippen molar-refractivity contribution >= 4 is 14.3 Å². The van der Waals surface area contributed by atoms with Crippen LogP contribution in [0.1, 0.15) is 48.0 Å². The Hall–Kier alpha value is -0.353. The van der Waals surface area contributed by atoms with Crippen molar-refractivity contribution in [3.63, 3.8) is 0 Å². The lowest BCUT2D eigenvalue weighted by molar-refractivity contribution is -0.144. The van der Waals surface area contributed by atoms with Crippen LogP contribution >= 0.6 is 0 Å². The first-order chi connectivity index (χ1) is 8.01. The van der Waals surface area contributed by atoms with E-state index >= 15 is 0 Å². The molecule has 0 aliphatic carbocycles. The summed E-state index contributed by atoms with van der Waals surface area (Å²) in [5, 5.41) is 0.199. The summed E-state index contributed by atoms with van der Waals surface area (Å²) >= 11 is 0. The van der Waals surface area contributed by atoms with Crippen molar-refractivity contribution in [2.45, 2.75) is 72.2 Å². The van der Waals surface area contributed by atoms with Crippen LogP contribution < -0.4 is 0 Å². The minimum Gasteiger partial charge on any atom is -0.466 e. The van der Waals surface area contributed by atoms with E-state index in [0.717, 1.165) is 0 Å². The van der Waals surface area contributed by atoms with Gasteiger partial charge in [-0.3, -0.25) is 4.79 Å². The smallest absolute Gasteiger partial charge is 0.306 e. The van der Waals surface area contributed by atoms with Gasteiger partial charge in [0.05, 0.1) is 13.0 Å². The molecule has 18 heavy (non-hydrogen) atoms. The van der Waals surface area contributed by atoms with Crippen LogP contribution in [-0.4, -0.2) is 27.0 Å². The van der Waals surface area contributed by atoms with Crippen molar-refractivity contribution in [2.75, 3.05) is 6.61 Å². The number of carbonyl (C=O) groups excluding carboxylic acids is 1. The average molecular weight is 274 g/mol. The molecule has 0 N–H and O–H groups in total. The minimum absolute atomic E-state index is 0.0929. The molecule has 3 nitrogen and oxygen atoms in total. The Morgan fingerprint density at radius 2 is 1.72 bits per heavy atom. The zero-order valence-electron chi connectivity index (χ0n) is 13.3. The second-order valence-electron chi connectivity index (χ2n) is 6.57. The van der Waals surface area contributed by atoms with Crippen LogP contribution in [0.2, 0.25) is 18.1 Å². The number of ether oxygens (including phenoxy) is 1. The predicted molar refractivity (Wildman–Crippen MR) is 78.2 cm³/mol. The number of rotatable bonds is 6. The molecule has 0 aromatic heterocycles. The molecule has 0 rings (SSSR count). The molecule has 0 saturated heterocycles. The summed E-state index contributed by atoms with van der Waals surface area (Å²) in [6.07, 6.45) is 0.527. The minimum atomic E-state index is -1.75. The van der Waals surface area contributed by atoms with Gasteiger partial charge in [0.1, 0.15) is 0 Å². The van der Waals surface area contributed by atoms with Gasteiger partial charge in [0.2, 0.25) is 0 Å². The third-order valence-electron chi connectivity index (χ3n) is 3.88. The molecule has 0 radical (unpaired) electrons. The highest BCUT2D eigenvalue weighted by Gasteiger charge is 2.39. The van der Waals surface area contributed by atoms with Gasteiger partial charge in [-0.25, -0.2) is 0 Å². The Labute approximate surface area is 113 Å². The van der Waals surface area contributed by atoms with Gasteiger partial charge >= 0.3 is 5.97 Å². The molecular weight excluding hydrogens is 244 g/mol. The summed E-state index contributed by atoms with van der Waals surface area (Å²) in [5.74, 6) is 0.0638. The summed E-state index contributed by atoms with van der Waals surface area (Å²) in [6, 6.07) is 0. The van der Waals surface area contributed by atoms with Gasteiger partial charge in [0.15, 0.2) is 8.32 Å². The first kappa shape index (κ1) is 17.6. The van der Waals surface area contributed by atoms with Crippen molar-refractivity contribution in [2.24, 2.45) is 5.92 Å². The highest BCUT2D eigenvalue weighted by Crippen LogP contribution is 2.38. The zero-order valence-corrected chi connectivity index (χ0v) is 14.3. The number of carbonyl (C=O) groups is 1. The van der Waals surface area contributed by atoms with E-state index in [-0.39, 0.29) is 23.0 Å². The van der Waals surface area contributed by atoms with Crippen molar-refractivity contribution in [3.05, 3.63) is 0 Å². The second-order valence-corrected chi connectivity index (χ2v) is 11.3. The summed E-state index contributed by atoms with van der Waals surface area (Å²) in [7, 11) is -1.75. The van der Waals surface area contributed by atoms with E-state index in [1.165, 1.54) is 0 Å². The van der Waals surface area contributed by atoms with Crippen molar-refractivity contribution < 1.29 is 14.0 Å². The molecular formula is C14H30O3Si. The fraction of sp³-hybridized carbons (Fsp3) is 0.929. The molecule has 108 valence electrons. The molecule has 0 aromatic rings. The van der Waals surface area contributed by atoms with Crippen LogP contribution in [0.4, 0.5) is 0 Å². The van der Waals surface area contributed by atoms with Crippen molar-refractivity contribution in [1.82, 2.24) is 0 Å². The molecule has 2 atom stereocenters. The fourth-order valence-corrected chi connectivity index (χ4v) is 2.92. The highest BCUT2D eigenvalue weighted by atomic mass is 28.4. The predicted octanol–water partition coefficient (Wildman–Crippen LogP) is 3.99. The maximum atomic E-state index is 11.5. The lowest BCUT2D eigenvalue weighted by Crippen LogP contribution is -2.44. The van der Waals surface area contributed by atoms with E-state index in [1.807, 2.05) is 6.92 Å². The molecule has 4 heteroatoms. The van der Waals surface area contributed by atoms with Gasteiger partial charge in [0, 0.05) is 6.10 Å². The van der Waals surface area contributed by atoms with Gasteiger partial charge in [-0.2, -0.15) is 0 Å². The van der Waals surface area contributed by atoms with Crippen LogP contribution in [0.25, 0.3) is 0 Å². The lowest BCUT2D eigenvalue weighted by atomic mass is 10.0. The van der Waals surface area contributed by atoms with Gasteiger partial charge < -0.3 is 9.16 Å². The molecule has 0 saturated carbocycles. The SMILES string of the molecule is CCOC(=O)C[C@@H](C)[C@H](C)O[Si](C)(C)C(C)(C)C. The van der Waals surface area contributed by atoms with Crippen LogP contribution in [-0.2, 0) is 14.0 Å². The quantitative estimate of drug-likeness (QED) is 0.543. The van der Waals surface area contributed by atoms with E-state index in [2.05, 4.69) is 47.7 Å². The first-order valence-corrected chi connectivity index (χ1v) is 9.75. The average Bonchev–Trinajstić information content (AvgIpc) is 2.15. The molecule has 0 bridgehead atoms. The van der Waals surface area contributed by atoms with E-state index in [0.29, 0.717) is 13.0 Å². The molecule has 0 heterocycles. The van der Waals surface area contributed by atoms with Gasteiger partial charge in [-0.05, 0) is 37.9 Å². The van der Waals surface area contributed by atoms with Gasteiger partial charge in [0.25, 0.3) is 0 Å². The normalized spacial score (nSPS) is 16.2. The summed E-state index contributed by atoms with van der Waals surface area (Å²) in [6.45, 7) is 17.5. The van der Waals surface area contributed by atoms with Crippen LogP contribution in [0, 0.1) is 5.92 Å². The Morgan fingerprint density at radius 3 is 2.11 bits per heavy atom. The third-order valence-corrected chi connectivity index (χ3v) is 8.46. The molecule has 0 amide bonds. The number of esters is 1. The zero-order chi connectivity index (χ0) is 14.6. The van der Waals surface area contributed by atoms with Crippen LogP contribution in [0.3, 0.4) is 0 Å². The second kappa shape index (κ2) is 6.71. The molecule has 0 aliphatic heterocycles. The van der Waals surface area contributed by atoms with Crippen molar-refractivity contribution in [1.29, 1.82) is 0 Å². The lowest BCUT2D eigenvalue weighted by Gasteiger charge is -2.39. The van der Waals surface area contributed by atoms with E-state index in [1.54, 1.807) is 0 Å². The highest BCUT2D eigenvalue weighted by molar-refractivity contribution is 6.74. The Morgan fingerprint density at radius 1 is 1.22 bits per heavy atom. The number of hydrogen-bond acceptors (Lipinski definition) is 3. The van der Waals surface area contributed by atoms with Crippen LogP contribution in [0.5, 0.6) is 0 Å². The van der Waals surface area contributed by atoms with Crippen LogP contribution in [0.15, 0.2) is 0 Å². The maximum Gasteiger partial charge on any atom is 0.306 e. The van der Waals surface area contributed by atoms with E-state index in [9.17, 15) is 4.79 Å². The molecule has 0 aliphatic rings. The first-order valence-electron chi connectivity index (χ1n) is 6.84. The molecule has 0 fully saturated rings. The maximum absolute atomic E-state index is 11.5. The molecule has 0 unspecified atom stereocenters. The van der Waals surface area contributed by atoms with E-state index < -0.39 is 8.32 Å². The topological polar surface area (TPSA) is 35.5 Å². The monoisotopic (exact) mass is 274 g/mol. The largest absolute Gasteiger partial charge is 0.466 e. The summed E-state index contributed by atoms with van der Waals surface area (Å²) < 4.78 is 11.3. The molecule has 0 aromatic carbocycles. The Bertz CT molecular complexity index is 269. The Balaban J connectivity index is 4.40.